The molecule has 0 aromatic carbocycles. The molecule has 7 heteroatoms. The lowest BCUT2D eigenvalue weighted by molar-refractivity contribution is 0.0958. The van der Waals surface area contributed by atoms with Crippen LogP contribution in [-0.2, 0) is 0 Å². The van der Waals surface area contributed by atoms with Gasteiger partial charge < -0.3 is 10.2 Å². The lowest BCUT2D eigenvalue weighted by Gasteiger charge is -2.28. The zero-order chi connectivity index (χ0) is 17.5. The van der Waals surface area contributed by atoms with E-state index in [-0.39, 0.29) is 23.7 Å². The van der Waals surface area contributed by atoms with Crippen molar-refractivity contribution in [2.75, 3.05) is 18.9 Å². The third-order valence-corrected chi connectivity index (χ3v) is 3.68. The second-order valence-electron chi connectivity index (χ2n) is 5.17. The molecular formula is C17H21N5O2. The maximum atomic E-state index is 12.6. The minimum atomic E-state index is -0.304. The molecule has 0 aliphatic rings. The summed E-state index contributed by atoms with van der Waals surface area (Å²) in [5.41, 5.74) is 1.19. The van der Waals surface area contributed by atoms with E-state index in [1.54, 1.807) is 35.5 Å². The molecule has 126 valence electrons. The van der Waals surface area contributed by atoms with E-state index in [0.29, 0.717) is 12.4 Å². The lowest BCUT2D eigenvalue weighted by Crippen LogP contribution is -2.37. The van der Waals surface area contributed by atoms with E-state index in [1.165, 1.54) is 7.05 Å². The molecule has 2 aromatic rings. The summed E-state index contributed by atoms with van der Waals surface area (Å²) >= 11 is 0. The highest BCUT2D eigenvalue weighted by atomic mass is 16.2. The zero-order valence-corrected chi connectivity index (χ0v) is 14.0. The minimum absolute atomic E-state index is 0.133. The Morgan fingerprint density at radius 2 is 2.04 bits per heavy atom. The van der Waals surface area contributed by atoms with Gasteiger partial charge in [-0.2, -0.15) is 0 Å². The van der Waals surface area contributed by atoms with Crippen molar-refractivity contribution in [2.24, 2.45) is 0 Å². The molecular weight excluding hydrogens is 306 g/mol. The molecule has 0 aliphatic heterocycles. The van der Waals surface area contributed by atoms with Gasteiger partial charge in [-0.05, 0) is 37.6 Å². The Morgan fingerprint density at radius 3 is 2.67 bits per heavy atom. The number of aromatic nitrogens is 2. The molecule has 24 heavy (non-hydrogen) atoms. The summed E-state index contributed by atoms with van der Waals surface area (Å²) in [6.07, 6.45) is 3.44. The fraction of sp³-hybridized carbons (Fsp3) is 0.294. The molecule has 0 saturated carbocycles. The molecule has 0 aliphatic carbocycles. The maximum Gasteiger partial charge on any atom is 0.323 e. The molecule has 1 atom stereocenters. The minimum Gasteiger partial charge on any atom is -0.354 e. The highest BCUT2D eigenvalue weighted by molar-refractivity contribution is 5.93. The Bertz CT molecular complexity index is 705. The number of anilines is 1. The van der Waals surface area contributed by atoms with Gasteiger partial charge in [0.15, 0.2) is 0 Å². The van der Waals surface area contributed by atoms with Gasteiger partial charge in [0.05, 0.1) is 6.04 Å². The van der Waals surface area contributed by atoms with Gasteiger partial charge in [-0.25, -0.2) is 9.78 Å². The first-order valence-electron chi connectivity index (χ1n) is 7.73. The van der Waals surface area contributed by atoms with Crippen LogP contribution in [0.2, 0.25) is 0 Å². The second-order valence-corrected chi connectivity index (χ2v) is 5.17. The third kappa shape index (κ3) is 4.07. The van der Waals surface area contributed by atoms with E-state index >= 15 is 0 Å². The van der Waals surface area contributed by atoms with Crippen molar-refractivity contribution >= 4 is 17.8 Å². The monoisotopic (exact) mass is 327 g/mol. The Labute approximate surface area is 141 Å². The SMILES string of the molecule is CCN(C(=O)Nc1cccc(C(=O)NC)n1)[C@H](C)c1cccnc1. The van der Waals surface area contributed by atoms with Crippen LogP contribution in [0.1, 0.15) is 35.9 Å². The number of amides is 3. The predicted molar refractivity (Wildman–Crippen MR) is 91.7 cm³/mol. The summed E-state index contributed by atoms with van der Waals surface area (Å²) in [4.78, 5) is 34.1. The maximum absolute atomic E-state index is 12.6. The van der Waals surface area contributed by atoms with Crippen molar-refractivity contribution in [1.82, 2.24) is 20.2 Å². The van der Waals surface area contributed by atoms with Gasteiger partial charge in [0.25, 0.3) is 5.91 Å². The van der Waals surface area contributed by atoms with Gasteiger partial charge in [-0.1, -0.05) is 12.1 Å². The van der Waals surface area contributed by atoms with Crippen molar-refractivity contribution in [2.45, 2.75) is 19.9 Å². The second kappa shape index (κ2) is 8.05. The van der Waals surface area contributed by atoms with Crippen molar-refractivity contribution in [3.63, 3.8) is 0 Å². The summed E-state index contributed by atoms with van der Waals surface area (Å²) in [5.74, 6) is 0.0279. The Morgan fingerprint density at radius 1 is 1.25 bits per heavy atom. The highest BCUT2D eigenvalue weighted by Gasteiger charge is 2.20. The van der Waals surface area contributed by atoms with Crippen molar-refractivity contribution in [3.05, 3.63) is 54.0 Å². The molecule has 0 radical (unpaired) electrons. The number of nitrogens with zero attached hydrogens (tertiary/aromatic N) is 3. The predicted octanol–water partition coefficient (Wildman–Crippen LogP) is 2.45. The number of carbonyl (C=O) groups is 2. The third-order valence-electron chi connectivity index (χ3n) is 3.68. The normalized spacial score (nSPS) is 11.5. The number of hydrogen-bond donors (Lipinski definition) is 2. The van der Waals surface area contributed by atoms with Crippen LogP contribution < -0.4 is 10.6 Å². The summed E-state index contributed by atoms with van der Waals surface area (Å²) < 4.78 is 0. The van der Waals surface area contributed by atoms with Gasteiger partial charge in [0.1, 0.15) is 11.5 Å². The summed E-state index contributed by atoms with van der Waals surface area (Å²) in [7, 11) is 1.53. The van der Waals surface area contributed by atoms with Crippen molar-refractivity contribution < 1.29 is 9.59 Å². The van der Waals surface area contributed by atoms with Gasteiger partial charge in [0.2, 0.25) is 0 Å². The van der Waals surface area contributed by atoms with Crippen LogP contribution in [0.15, 0.2) is 42.7 Å². The molecule has 0 spiro atoms. The number of carbonyl (C=O) groups excluding carboxylic acids is 2. The first kappa shape index (κ1) is 17.4. The Balaban J connectivity index is 2.14. The van der Waals surface area contributed by atoms with Crippen LogP contribution in [0.25, 0.3) is 0 Å². The van der Waals surface area contributed by atoms with Gasteiger partial charge in [-0.3, -0.25) is 15.1 Å². The van der Waals surface area contributed by atoms with Crippen molar-refractivity contribution in [3.8, 4) is 0 Å². The summed E-state index contributed by atoms with van der Waals surface area (Å²) in [6, 6.07) is 8.26. The summed E-state index contributed by atoms with van der Waals surface area (Å²) in [6.45, 7) is 4.37. The average Bonchev–Trinajstić information content (AvgIpc) is 2.62. The van der Waals surface area contributed by atoms with Crippen molar-refractivity contribution in [1.29, 1.82) is 0 Å². The number of nitrogens with one attached hydrogen (secondary N) is 2. The van der Waals surface area contributed by atoms with Crippen LogP contribution in [0, 0.1) is 0 Å². The number of pyridine rings is 2. The zero-order valence-electron chi connectivity index (χ0n) is 14.0. The average molecular weight is 327 g/mol. The first-order chi connectivity index (χ1) is 11.6. The number of rotatable bonds is 5. The van der Waals surface area contributed by atoms with E-state index in [4.69, 9.17) is 0 Å². The molecule has 0 saturated heterocycles. The summed E-state index contributed by atoms with van der Waals surface area (Å²) in [5, 5.41) is 5.24. The Hall–Kier alpha value is -2.96. The van der Waals surface area contributed by atoms with Crippen LogP contribution in [0.5, 0.6) is 0 Å². The van der Waals surface area contributed by atoms with Crippen LogP contribution in [0.3, 0.4) is 0 Å². The molecule has 2 rings (SSSR count). The topological polar surface area (TPSA) is 87.2 Å². The van der Waals surface area contributed by atoms with Gasteiger partial charge in [0, 0.05) is 26.0 Å². The van der Waals surface area contributed by atoms with E-state index in [9.17, 15) is 9.59 Å². The molecule has 2 aromatic heterocycles. The quantitative estimate of drug-likeness (QED) is 0.883. The Kier molecular flexibility index (Phi) is 5.83. The molecule has 2 heterocycles. The van der Waals surface area contributed by atoms with Crippen LogP contribution in [-0.4, -0.2) is 40.4 Å². The fourth-order valence-electron chi connectivity index (χ4n) is 2.34. The number of urea groups is 1. The first-order valence-corrected chi connectivity index (χ1v) is 7.73. The molecule has 0 fully saturated rings. The highest BCUT2D eigenvalue weighted by Crippen LogP contribution is 2.20. The van der Waals surface area contributed by atoms with E-state index < -0.39 is 0 Å². The van der Waals surface area contributed by atoms with Gasteiger partial charge in [-0.15, -0.1) is 0 Å². The molecule has 2 N–H and O–H groups in total. The smallest absolute Gasteiger partial charge is 0.323 e. The van der Waals surface area contributed by atoms with Gasteiger partial charge >= 0.3 is 6.03 Å². The lowest BCUT2D eigenvalue weighted by atomic mass is 10.1. The molecule has 7 nitrogen and oxygen atoms in total. The standard InChI is InChI=1S/C17H21N5O2/c1-4-22(12(2)13-7-6-10-19-11-13)17(24)21-15-9-5-8-14(20-15)16(23)18-3/h5-12H,4H2,1-3H3,(H,18,23)(H,20,21,24)/t12-/m1/s1. The molecule has 0 unspecified atom stereocenters. The van der Waals surface area contributed by atoms with E-state index in [0.717, 1.165) is 5.56 Å². The van der Waals surface area contributed by atoms with Crippen LogP contribution in [0.4, 0.5) is 10.6 Å². The van der Waals surface area contributed by atoms with Crippen LogP contribution >= 0.6 is 0 Å². The fourth-order valence-corrected chi connectivity index (χ4v) is 2.34. The largest absolute Gasteiger partial charge is 0.354 e. The van der Waals surface area contributed by atoms with E-state index in [1.807, 2.05) is 26.0 Å². The van der Waals surface area contributed by atoms with E-state index in [2.05, 4.69) is 20.6 Å². The number of hydrogen-bond acceptors (Lipinski definition) is 4. The molecule has 0 bridgehead atoms. The molecule has 3 amide bonds.